The largest absolute Gasteiger partial charge is 0.381 e. The molecule has 0 radical (unpaired) electrons. The number of hydrogen-bond donors (Lipinski definition) is 0. The molecule has 0 N–H and O–H groups in total. The predicted molar refractivity (Wildman–Crippen MR) is 144 cm³/mol. The summed E-state index contributed by atoms with van der Waals surface area (Å²) in [5, 5.41) is 0. The maximum absolute atomic E-state index is 5.82. The van der Waals surface area contributed by atoms with E-state index in [1.54, 1.807) is 0 Å². The molecule has 1 nitrogen and oxygen atoms in total. The topological polar surface area (TPSA) is 9.23 Å². The van der Waals surface area contributed by atoms with E-state index in [0.717, 1.165) is 13.2 Å². The van der Waals surface area contributed by atoms with Crippen molar-refractivity contribution in [3.8, 4) is 0 Å². The molecule has 0 unspecified atom stereocenters. The SMILES string of the molecule is C=C.CCCCCCCCCCCCCCOCCCCCCCCCCCCCC. The summed E-state index contributed by atoms with van der Waals surface area (Å²) in [6, 6.07) is 0. The van der Waals surface area contributed by atoms with Crippen LogP contribution in [0.2, 0.25) is 0 Å². The Morgan fingerprint density at radius 1 is 0.323 bits per heavy atom. The van der Waals surface area contributed by atoms with Crippen molar-refractivity contribution in [3.05, 3.63) is 13.2 Å². The number of hydrogen-bond acceptors (Lipinski definition) is 1. The Labute approximate surface area is 199 Å². The number of rotatable bonds is 26. The third kappa shape index (κ3) is 34.5. The minimum absolute atomic E-state index is 0.995. The Bertz CT molecular complexity index is 250. The second kappa shape index (κ2) is 34.3. The van der Waals surface area contributed by atoms with Crippen molar-refractivity contribution in [2.24, 2.45) is 0 Å². The first-order valence-corrected chi connectivity index (χ1v) is 14.5. The Morgan fingerprint density at radius 3 is 0.742 bits per heavy atom. The Morgan fingerprint density at radius 2 is 0.516 bits per heavy atom. The van der Waals surface area contributed by atoms with Crippen molar-refractivity contribution in [3.63, 3.8) is 0 Å². The van der Waals surface area contributed by atoms with E-state index < -0.39 is 0 Å². The van der Waals surface area contributed by atoms with E-state index in [9.17, 15) is 0 Å². The van der Waals surface area contributed by atoms with Gasteiger partial charge in [0.25, 0.3) is 0 Å². The minimum atomic E-state index is 0.995. The van der Waals surface area contributed by atoms with Crippen molar-refractivity contribution < 1.29 is 4.74 Å². The Hall–Kier alpha value is -0.300. The minimum Gasteiger partial charge on any atom is -0.381 e. The zero-order valence-corrected chi connectivity index (χ0v) is 22.2. The zero-order valence-electron chi connectivity index (χ0n) is 22.2. The van der Waals surface area contributed by atoms with Crippen LogP contribution in [0.25, 0.3) is 0 Å². The van der Waals surface area contributed by atoms with Crippen LogP contribution < -0.4 is 0 Å². The average Bonchev–Trinajstić information content (AvgIpc) is 2.80. The van der Waals surface area contributed by atoms with Gasteiger partial charge in [0.15, 0.2) is 0 Å². The molecule has 188 valence electrons. The van der Waals surface area contributed by atoms with E-state index in [2.05, 4.69) is 27.0 Å². The van der Waals surface area contributed by atoms with E-state index in [-0.39, 0.29) is 0 Å². The lowest BCUT2D eigenvalue weighted by Gasteiger charge is -2.05. The van der Waals surface area contributed by atoms with Crippen molar-refractivity contribution in [2.45, 2.75) is 168 Å². The van der Waals surface area contributed by atoms with Crippen LogP contribution >= 0.6 is 0 Å². The van der Waals surface area contributed by atoms with Gasteiger partial charge >= 0.3 is 0 Å². The van der Waals surface area contributed by atoms with E-state index in [1.165, 1.54) is 154 Å². The summed E-state index contributed by atoms with van der Waals surface area (Å²) in [4.78, 5) is 0. The molecule has 0 saturated carbocycles. The molecule has 0 aromatic rings. The fourth-order valence-electron chi connectivity index (χ4n) is 4.19. The van der Waals surface area contributed by atoms with Crippen LogP contribution in [0.5, 0.6) is 0 Å². The third-order valence-electron chi connectivity index (χ3n) is 6.28. The maximum Gasteiger partial charge on any atom is 0.0466 e. The van der Waals surface area contributed by atoms with Crippen LogP contribution in [0.15, 0.2) is 13.2 Å². The molecule has 0 aromatic heterocycles. The van der Waals surface area contributed by atoms with Gasteiger partial charge in [0, 0.05) is 13.2 Å². The normalized spacial score (nSPS) is 10.8. The predicted octanol–water partition coefficient (Wildman–Crippen LogP) is 11.2. The number of ether oxygens (including phenoxy) is 1. The van der Waals surface area contributed by atoms with Gasteiger partial charge in [-0.2, -0.15) is 0 Å². The van der Waals surface area contributed by atoms with Gasteiger partial charge < -0.3 is 4.74 Å². The zero-order chi connectivity index (χ0) is 23.1. The maximum atomic E-state index is 5.82. The summed E-state index contributed by atoms with van der Waals surface area (Å²) >= 11 is 0. The second-order valence-electron chi connectivity index (χ2n) is 9.39. The second-order valence-corrected chi connectivity index (χ2v) is 9.39. The van der Waals surface area contributed by atoms with Gasteiger partial charge in [0.1, 0.15) is 0 Å². The fraction of sp³-hybridized carbons (Fsp3) is 0.933. The molecule has 0 saturated heterocycles. The van der Waals surface area contributed by atoms with Crippen LogP contribution in [0.1, 0.15) is 168 Å². The summed E-state index contributed by atoms with van der Waals surface area (Å²) in [6.07, 6.45) is 34.1. The molecule has 0 aliphatic carbocycles. The van der Waals surface area contributed by atoms with Crippen LogP contribution in [-0.4, -0.2) is 13.2 Å². The van der Waals surface area contributed by atoms with E-state index in [0.29, 0.717) is 0 Å². The van der Waals surface area contributed by atoms with Gasteiger partial charge in [-0.1, -0.05) is 155 Å². The first kappa shape index (κ1) is 32.9. The highest BCUT2D eigenvalue weighted by molar-refractivity contribution is 4.50. The quantitative estimate of drug-likeness (QED) is 0.0963. The first-order valence-electron chi connectivity index (χ1n) is 14.5. The highest BCUT2D eigenvalue weighted by Gasteiger charge is 1.96. The molecule has 0 fully saturated rings. The molecule has 0 amide bonds. The van der Waals surface area contributed by atoms with E-state index in [4.69, 9.17) is 4.74 Å². The molecule has 31 heavy (non-hydrogen) atoms. The average molecular weight is 439 g/mol. The van der Waals surface area contributed by atoms with Gasteiger partial charge in [0.2, 0.25) is 0 Å². The van der Waals surface area contributed by atoms with Gasteiger partial charge in [0.05, 0.1) is 0 Å². The van der Waals surface area contributed by atoms with E-state index >= 15 is 0 Å². The van der Waals surface area contributed by atoms with Gasteiger partial charge in [-0.25, -0.2) is 0 Å². The highest BCUT2D eigenvalue weighted by atomic mass is 16.5. The lowest BCUT2D eigenvalue weighted by Crippen LogP contribution is -1.97. The standard InChI is InChI=1S/C28H58O.C2H4/c1-3-5-7-9-11-13-15-17-19-21-23-25-27-29-28-26-24-22-20-18-16-14-12-10-8-6-4-2;1-2/h3-28H2,1-2H3;1-2H2. The van der Waals surface area contributed by atoms with Crippen LogP contribution in [0, 0.1) is 0 Å². The molecule has 0 aromatic carbocycles. The van der Waals surface area contributed by atoms with Crippen LogP contribution in [-0.2, 0) is 4.74 Å². The van der Waals surface area contributed by atoms with Gasteiger partial charge in [-0.15, -0.1) is 13.2 Å². The smallest absolute Gasteiger partial charge is 0.0466 e. The molecule has 0 atom stereocenters. The molecule has 0 aliphatic heterocycles. The first-order chi connectivity index (χ1) is 15.4. The van der Waals surface area contributed by atoms with Crippen molar-refractivity contribution in [2.75, 3.05) is 13.2 Å². The van der Waals surface area contributed by atoms with Crippen LogP contribution in [0.4, 0.5) is 0 Å². The Kier molecular flexibility index (Phi) is 36.4. The molecule has 1 heteroatoms. The molecular weight excluding hydrogens is 376 g/mol. The summed E-state index contributed by atoms with van der Waals surface area (Å²) in [6.45, 7) is 12.6. The summed E-state index contributed by atoms with van der Waals surface area (Å²) in [5.41, 5.74) is 0. The molecule has 0 rings (SSSR count). The Balaban J connectivity index is 0. The van der Waals surface area contributed by atoms with Gasteiger partial charge in [-0.05, 0) is 12.8 Å². The van der Waals surface area contributed by atoms with E-state index in [1.807, 2.05) is 0 Å². The van der Waals surface area contributed by atoms with Crippen molar-refractivity contribution >= 4 is 0 Å². The molecule has 0 heterocycles. The molecule has 0 aliphatic rings. The molecular formula is C30H62O. The molecule has 0 bridgehead atoms. The molecule has 0 spiro atoms. The highest BCUT2D eigenvalue weighted by Crippen LogP contribution is 2.13. The summed E-state index contributed by atoms with van der Waals surface area (Å²) in [7, 11) is 0. The lowest BCUT2D eigenvalue weighted by molar-refractivity contribution is 0.125. The fourth-order valence-corrected chi connectivity index (χ4v) is 4.19. The lowest BCUT2D eigenvalue weighted by atomic mass is 10.1. The van der Waals surface area contributed by atoms with Crippen molar-refractivity contribution in [1.29, 1.82) is 0 Å². The van der Waals surface area contributed by atoms with Gasteiger partial charge in [-0.3, -0.25) is 0 Å². The van der Waals surface area contributed by atoms with Crippen LogP contribution in [0.3, 0.4) is 0 Å². The van der Waals surface area contributed by atoms with Crippen molar-refractivity contribution in [1.82, 2.24) is 0 Å². The monoisotopic (exact) mass is 438 g/mol. The number of unbranched alkanes of at least 4 members (excludes halogenated alkanes) is 22. The summed E-state index contributed by atoms with van der Waals surface area (Å²) in [5.74, 6) is 0. The summed E-state index contributed by atoms with van der Waals surface area (Å²) < 4.78 is 5.82. The third-order valence-corrected chi connectivity index (χ3v) is 6.28.